The third kappa shape index (κ3) is 2.13. The summed E-state index contributed by atoms with van der Waals surface area (Å²) >= 11 is 5.95. The summed E-state index contributed by atoms with van der Waals surface area (Å²) < 4.78 is 2.26. The predicted molar refractivity (Wildman–Crippen MR) is 79.7 cm³/mol. The molecule has 1 atom stereocenters. The molecule has 0 aliphatic carbocycles. The molecule has 0 amide bonds. The van der Waals surface area contributed by atoms with Gasteiger partial charge in [0.05, 0.1) is 6.04 Å². The molecule has 0 radical (unpaired) electrons. The van der Waals surface area contributed by atoms with Crippen molar-refractivity contribution in [2.24, 2.45) is 0 Å². The number of rotatable bonds is 2. The predicted octanol–water partition coefficient (Wildman–Crippen LogP) is 4.61. The molecule has 2 heterocycles. The van der Waals surface area contributed by atoms with E-state index in [1.54, 1.807) is 0 Å². The van der Waals surface area contributed by atoms with Gasteiger partial charge >= 0.3 is 0 Å². The first kappa shape index (κ1) is 12.2. The Bertz CT molecular complexity index is 713. The third-order valence-electron chi connectivity index (χ3n) is 3.53. The normalized spacial score (nSPS) is 12.8. The van der Waals surface area contributed by atoms with Gasteiger partial charge in [0, 0.05) is 22.3 Å². The summed E-state index contributed by atoms with van der Waals surface area (Å²) in [6.07, 6.45) is 1.84. The topological polar surface area (TPSA) is 17.8 Å². The molecule has 3 heteroatoms. The number of hydrogen-bond acceptors (Lipinski definition) is 1. The van der Waals surface area contributed by atoms with Crippen LogP contribution in [0.4, 0.5) is 0 Å². The number of benzene rings is 1. The first-order valence-electron chi connectivity index (χ1n) is 6.35. The van der Waals surface area contributed by atoms with Gasteiger partial charge in [-0.15, -0.1) is 0 Å². The van der Waals surface area contributed by atoms with E-state index in [-0.39, 0.29) is 6.04 Å². The van der Waals surface area contributed by atoms with Crippen molar-refractivity contribution in [3.63, 3.8) is 0 Å². The largest absolute Gasteiger partial charge is 0.323 e. The van der Waals surface area contributed by atoms with Crippen LogP contribution in [0.15, 0.2) is 48.7 Å². The van der Waals surface area contributed by atoms with Gasteiger partial charge in [0.1, 0.15) is 5.65 Å². The Morgan fingerprint density at radius 1 is 1.16 bits per heavy atom. The average molecular weight is 271 g/mol. The van der Waals surface area contributed by atoms with Gasteiger partial charge in [-0.05, 0) is 49.7 Å². The van der Waals surface area contributed by atoms with Gasteiger partial charge in [-0.25, -0.2) is 4.98 Å². The van der Waals surface area contributed by atoms with Gasteiger partial charge in [0.2, 0.25) is 0 Å². The molecule has 0 spiro atoms. The molecule has 1 unspecified atom stereocenters. The molecular formula is C16H15ClN2. The van der Waals surface area contributed by atoms with Crippen LogP contribution in [0.3, 0.4) is 0 Å². The van der Waals surface area contributed by atoms with Gasteiger partial charge in [-0.2, -0.15) is 0 Å². The molecule has 2 aromatic heterocycles. The summed E-state index contributed by atoms with van der Waals surface area (Å²) in [5.41, 5.74) is 3.48. The molecule has 0 saturated carbocycles. The first-order valence-corrected chi connectivity index (χ1v) is 6.72. The Labute approximate surface area is 117 Å². The average Bonchev–Trinajstić information content (AvgIpc) is 2.74. The van der Waals surface area contributed by atoms with Crippen molar-refractivity contribution >= 4 is 22.6 Å². The monoisotopic (exact) mass is 270 g/mol. The fourth-order valence-corrected chi connectivity index (χ4v) is 2.69. The number of nitrogens with zero attached hydrogens (tertiary/aromatic N) is 2. The standard InChI is InChI=1S/C16H15ClN2/c1-11-10-14-4-3-9-18-16(14)19(11)12(2)13-5-7-15(17)8-6-13/h3-10,12H,1-2H3. The molecule has 19 heavy (non-hydrogen) atoms. The quantitative estimate of drug-likeness (QED) is 0.665. The zero-order valence-electron chi connectivity index (χ0n) is 11.0. The minimum Gasteiger partial charge on any atom is -0.323 e. The number of aromatic nitrogens is 2. The Hall–Kier alpha value is -1.80. The lowest BCUT2D eigenvalue weighted by atomic mass is 10.1. The van der Waals surface area contributed by atoms with Crippen LogP contribution in [0.2, 0.25) is 5.02 Å². The summed E-state index contributed by atoms with van der Waals surface area (Å²) in [5, 5.41) is 1.95. The zero-order chi connectivity index (χ0) is 13.4. The van der Waals surface area contributed by atoms with E-state index in [1.165, 1.54) is 16.6 Å². The molecule has 0 N–H and O–H groups in total. The minimum absolute atomic E-state index is 0.240. The van der Waals surface area contributed by atoms with Crippen LogP contribution in [0.1, 0.15) is 24.2 Å². The highest BCUT2D eigenvalue weighted by atomic mass is 35.5. The van der Waals surface area contributed by atoms with E-state index in [9.17, 15) is 0 Å². The summed E-state index contributed by atoms with van der Waals surface area (Å²) in [6.45, 7) is 4.30. The lowest BCUT2D eigenvalue weighted by Gasteiger charge is -2.17. The molecule has 0 aliphatic rings. The highest BCUT2D eigenvalue weighted by molar-refractivity contribution is 6.30. The summed E-state index contributed by atoms with van der Waals surface area (Å²) in [5.74, 6) is 0. The van der Waals surface area contributed by atoms with Crippen molar-refractivity contribution in [1.82, 2.24) is 9.55 Å². The molecule has 2 nitrogen and oxygen atoms in total. The second-order valence-electron chi connectivity index (χ2n) is 4.80. The molecular weight excluding hydrogens is 256 g/mol. The molecule has 3 aromatic rings. The fourth-order valence-electron chi connectivity index (χ4n) is 2.56. The first-order chi connectivity index (χ1) is 9.16. The lowest BCUT2D eigenvalue weighted by Crippen LogP contribution is -2.08. The number of fused-ring (bicyclic) bond motifs is 1. The van der Waals surface area contributed by atoms with Crippen LogP contribution in [0, 0.1) is 6.92 Å². The molecule has 0 aliphatic heterocycles. The number of halogens is 1. The summed E-state index contributed by atoms with van der Waals surface area (Å²) in [4.78, 5) is 4.50. The van der Waals surface area contributed by atoms with Gasteiger partial charge in [-0.1, -0.05) is 23.7 Å². The number of hydrogen-bond donors (Lipinski definition) is 0. The third-order valence-corrected chi connectivity index (χ3v) is 3.78. The van der Waals surface area contributed by atoms with Crippen LogP contribution >= 0.6 is 11.6 Å². The van der Waals surface area contributed by atoms with E-state index in [4.69, 9.17) is 11.6 Å². The highest BCUT2D eigenvalue weighted by Crippen LogP contribution is 2.27. The Kier molecular flexibility index (Phi) is 3.03. The number of pyridine rings is 1. The van der Waals surface area contributed by atoms with Gasteiger partial charge in [0.15, 0.2) is 0 Å². The second kappa shape index (κ2) is 4.71. The Morgan fingerprint density at radius 3 is 2.63 bits per heavy atom. The van der Waals surface area contributed by atoms with Crippen LogP contribution in [0.5, 0.6) is 0 Å². The van der Waals surface area contributed by atoms with Crippen molar-refractivity contribution in [3.05, 3.63) is 64.9 Å². The van der Waals surface area contributed by atoms with E-state index in [1.807, 2.05) is 24.4 Å². The van der Waals surface area contributed by atoms with Crippen molar-refractivity contribution in [2.45, 2.75) is 19.9 Å². The van der Waals surface area contributed by atoms with Gasteiger partial charge in [0.25, 0.3) is 0 Å². The molecule has 0 saturated heterocycles. The van der Waals surface area contributed by atoms with Crippen LogP contribution in [-0.2, 0) is 0 Å². The number of aryl methyl sites for hydroxylation is 1. The van der Waals surface area contributed by atoms with Crippen molar-refractivity contribution in [2.75, 3.05) is 0 Å². The SMILES string of the molecule is Cc1cc2cccnc2n1C(C)c1ccc(Cl)cc1. The zero-order valence-corrected chi connectivity index (χ0v) is 11.7. The minimum atomic E-state index is 0.240. The second-order valence-corrected chi connectivity index (χ2v) is 5.24. The maximum atomic E-state index is 5.95. The maximum absolute atomic E-state index is 5.95. The fraction of sp³-hybridized carbons (Fsp3) is 0.188. The van der Waals surface area contributed by atoms with Gasteiger partial charge < -0.3 is 4.57 Å². The van der Waals surface area contributed by atoms with Crippen LogP contribution in [0.25, 0.3) is 11.0 Å². The van der Waals surface area contributed by atoms with E-state index in [0.29, 0.717) is 0 Å². The van der Waals surface area contributed by atoms with E-state index < -0.39 is 0 Å². The van der Waals surface area contributed by atoms with E-state index >= 15 is 0 Å². The van der Waals surface area contributed by atoms with Gasteiger partial charge in [-0.3, -0.25) is 0 Å². The molecule has 1 aromatic carbocycles. The molecule has 0 fully saturated rings. The van der Waals surface area contributed by atoms with Crippen molar-refractivity contribution in [3.8, 4) is 0 Å². The summed E-state index contributed by atoms with van der Waals surface area (Å²) in [7, 11) is 0. The van der Waals surface area contributed by atoms with E-state index in [2.05, 4.69) is 47.7 Å². The lowest BCUT2D eigenvalue weighted by molar-refractivity contribution is 0.641. The highest BCUT2D eigenvalue weighted by Gasteiger charge is 2.14. The van der Waals surface area contributed by atoms with Crippen LogP contribution in [-0.4, -0.2) is 9.55 Å². The smallest absolute Gasteiger partial charge is 0.140 e. The van der Waals surface area contributed by atoms with Crippen LogP contribution < -0.4 is 0 Å². The van der Waals surface area contributed by atoms with E-state index in [0.717, 1.165) is 10.7 Å². The van der Waals surface area contributed by atoms with Crippen molar-refractivity contribution in [1.29, 1.82) is 0 Å². The molecule has 96 valence electrons. The Morgan fingerprint density at radius 2 is 1.89 bits per heavy atom. The van der Waals surface area contributed by atoms with Crippen molar-refractivity contribution < 1.29 is 0 Å². The summed E-state index contributed by atoms with van der Waals surface area (Å²) in [6, 6.07) is 14.5. The Balaban J connectivity index is 2.13. The maximum Gasteiger partial charge on any atom is 0.140 e. The molecule has 0 bridgehead atoms. The molecule has 3 rings (SSSR count).